The van der Waals surface area contributed by atoms with Gasteiger partial charge in [-0.3, -0.25) is 14.2 Å². The number of nitrogens with zero attached hydrogens (tertiary/aromatic N) is 4. The summed E-state index contributed by atoms with van der Waals surface area (Å²) in [7, 11) is 0. The van der Waals surface area contributed by atoms with Crippen molar-refractivity contribution in [2.75, 3.05) is 26.2 Å². The van der Waals surface area contributed by atoms with Gasteiger partial charge in [-0.15, -0.1) is 12.4 Å². The lowest BCUT2D eigenvalue weighted by Gasteiger charge is -2.14. The predicted octanol–water partition coefficient (Wildman–Crippen LogP) is 2.73. The van der Waals surface area contributed by atoms with Gasteiger partial charge in [0, 0.05) is 17.1 Å². The lowest BCUT2D eigenvalue weighted by molar-refractivity contribution is -0.121. The van der Waals surface area contributed by atoms with Crippen LogP contribution in [0.1, 0.15) is 19.3 Å². The number of carbonyl (C=O) groups is 1. The molecule has 0 atom stereocenters. The SMILES string of the molecule is Cl.O=C(Cn1cnc2onc(-c3ccc(Cl)cc3)c2c1=O)NCCCN1CCCC1. The normalized spacial score (nSPS) is 14.0. The second kappa shape index (κ2) is 10.1. The molecule has 3 aromatic rings. The Kier molecular flexibility index (Phi) is 7.47. The Morgan fingerprint density at radius 3 is 2.67 bits per heavy atom. The van der Waals surface area contributed by atoms with E-state index >= 15 is 0 Å². The van der Waals surface area contributed by atoms with Crippen molar-refractivity contribution in [3.8, 4) is 11.3 Å². The summed E-state index contributed by atoms with van der Waals surface area (Å²) in [5.41, 5.74) is 0.848. The molecular weight excluding hydrogens is 429 g/mol. The third-order valence-corrected chi connectivity index (χ3v) is 5.32. The molecule has 0 saturated carbocycles. The summed E-state index contributed by atoms with van der Waals surface area (Å²) in [6, 6.07) is 6.93. The summed E-state index contributed by atoms with van der Waals surface area (Å²) in [6.45, 7) is 3.76. The molecule has 1 aliphatic rings. The smallest absolute Gasteiger partial charge is 0.267 e. The van der Waals surface area contributed by atoms with Crippen molar-refractivity contribution in [1.29, 1.82) is 0 Å². The Labute approximate surface area is 184 Å². The van der Waals surface area contributed by atoms with Gasteiger partial charge in [0.25, 0.3) is 11.3 Å². The Hall–Kier alpha value is -2.42. The van der Waals surface area contributed by atoms with Crippen LogP contribution in [0.3, 0.4) is 0 Å². The molecule has 0 spiro atoms. The largest absolute Gasteiger partial charge is 0.354 e. The van der Waals surface area contributed by atoms with Crippen molar-refractivity contribution >= 4 is 41.0 Å². The number of hydrogen-bond acceptors (Lipinski definition) is 6. The average Bonchev–Trinajstić information content (AvgIpc) is 3.38. The minimum Gasteiger partial charge on any atom is -0.354 e. The number of rotatable bonds is 7. The molecule has 1 fully saturated rings. The Bertz CT molecular complexity index is 1060. The van der Waals surface area contributed by atoms with E-state index < -0.39 is 0 Å². The van der Waals surface area contributed by atoms with Crippen molar-refractivity contribution in [3.05, 3.63) is 46.0 Å². The number of nitrogens with one attached hydrogen (secondary N) is 1. The second-order valence-corrected chi connectivity index (χ2v) is 7.58. The molecule has 1 N–H and O–H groups in total. The van der Waals surface area contributed by atoms with Crippen molar-refractivity contribution in [3.63, 3.8) is 0 Å². The minimum absolute atomic E-state index is 0. The van der Waals surface area contributed by atoms with Crippen LogP contribution in [0.4, 0.5) is 0 Å². The zero-order chi connectivity index (χ0) is 20.2. The molecule has 0 unspecified atom stereocenters. The maximum absolute atomic E-state index is 12.9. The van der Waals surface area contributed by atoms with Gasteiger partial charge in [0.05, 0.1) is 0 Å². The maximum Gasteiger partial charge on any atom is 0.267 e. The Morgan fingerprint density at radius 2 is 1.93 bits per heavy atom. The number of hydrogen-bond donors (Lipinski definition) is 1. The van der Waals surface area contributed by atoms with Crippen LogP contribution >= 0.6 is 24.0 Å². The van der Waals surface area contributed by atoms with Gasteiger partial charge in [0.15, 0.2) is 0 Å². The van der Waals surface area contributed by atoms with Crippen LogP contribution in [-0.2, 0) is 11.3 Å². The summed E-state index contributed by atoms with van der Waals surface area (Å²) in [4.78, 5) is 31.7. The van der Waals surface area contributed by atoms with E-state index in [1.807, 2.05) is 0 Å². The highest BCUT2D eigenvalue weighted by molar-refractivity contribution is 6.30. The number of aromatic nitrogens is 3. The molecule has 1 amide bonds. The van der Waals surface area contributed by atoms with Gasteiger partial charge in [-0.05, 0) is 51.0 Å². The summed E-state index contributed by atoms with van der Waals surface area (Å²) >= 11 is 5.92. The molecule has 160 valence electrons. The van der Waals surface area contributed by atoms with Crippen LogP contribution in [0.2, 0.25) is 5.02 Å². The van der Waals surface area contributed by atoms with Crippen LogP contribution in [0.25, 0.3) is 22.4 Å². The fourth-order valence-corrected chi connectivity index (χ4v) is 3.67. The first-order chi connectivity index (χ1) is 14.1. The van der Waals surface area contributed by atoms with Gasteiger partial charge in [-0.25, -0.2) is 4.98 Å². The zero-order valence-corrected chi connectivity index (χ0v) is 17.9. The Morgan fingerprint density at radius 1 is 1.20 bits per heavy atom. The minimum atomic E-state index is -0.367. The standard InChI is InChI=1S/C20H22ClN5O3.ClH/c21-15-6-4-14(5-7-15)18-17-19(29-24-18)23-13-26(20(17)28)12-16(27)22-8-3-11-25-9-1-2-10-25;/h4-7,13H,1-3,8-12H2,(H,22,27);1H. The van der Waals surface area contributed by atoms with Crippen molar-refractivity contribution < 1.29 is 9.32 Å². The molecule has 30 heavy (non-hydrogen) atoms. The fraction of sp³-hybridized carbons (Fsp3) is 0.400. The molecule has 1 aromatic carbocycles. The van der Waals surface area contributed by atoms with E-state index in [-0.39, 0.29) is 41.5 Å². The number of halogens is 2. The monoisotopic (exact) mass is 451 g/mol. The van der Waals surface area contributed by atoms with Crippen LogP contribution in [0.5, 0.6) is 0 Å². The van der Waals surface area contributed by atoms with E-state index in [1.165, 1.54) is 23.7 Å². The van der Waals surface area contributed by atoms with Crippen molar-refractivity contribution in [2.24, 2.45) is 0 Å². The van der Waals surface area contributed by atoms with Crippen LogP contribution in [0.15, 0.2) is 39.9 Å². The molecule has 8 nitrogen and oxygen atoms in total. The Balaban J connectivity index is 0.00000256. The first kappa shape index (κ1) is 22.3. The first-order valence-corrected chi connectivity index (χ1v) is 10.1. The molecule has 10 heteroatoms. The number of amides is 1. The third-order valence-electron chi connectivity index (χ3n) is 5.07. The van der Waals surface area contributed by atoms with Gasteiger partial charge in [-0.2, -0.15) is 0 Å². The summed E-state index contributed by atoms with van der Waals surface area (Å²) in [5, 5.41) is 7.67. The number of benzene rings is 1. The molecule has 0 radical (unpaired) electrons. The summed E-state index contributed by atoms with van der Waals surface area (Å²) in [5.74, 6) is -0.223. The van der Waals surface area contributed by atoms with Gasteiger partial charge in [0.2, 0.25) is 5.91 Å². The topological polar surface area (TPSA) is 93.3 Å². The fourth-order valence-electron chi connectivity index (χ4n) is 3.55. The maximum atomic E-state index is 12.9. The molecule has 3 heterocycles. The summed E-state index contributed by atoms with van der Waals surface area (Å²) in [6.07, 6.45) is 4.72. The van der Waals surface area contributed by atoms with Crippen molar-refractivity contribution in [1.82, 2.24) is 24.9 Å². The zero-order valence-electron chi connectivity index (χ0n) is 16.3. The molecule has 1 aliphatic heterocycles. The molecule has 2 aromatic heterocycles. The molecule has 4 rings (SSSR count). The molecule has 1 saturated heterocycles. The van der Waals surface area contributed by atoms with Crippen LogP contribution in [-0.4, -0.2) is 51.7 Å². The highest BCUT2D eigenvalue weighted by Gasteiger charge is 2.18. The quantitative estimate of drug-likeness (QED) is 0.555. The van der Waals surface area contributed by atoms with Gasteiger partial charge in [0.1, 0.15) is 24.0 Å². The first-order valence-electron chi connectivity index (χ1n) is 9.71. The molecular formula is C20H23Cl2N5O3. The predicted molar refractivity (Wildman–Crippen MR) is 117 cm³/mol. The lowest BCUT2D eigenvalue weighted by atomic mass is 10.1. The molecule has 0 bridgehead atoms. The highest BCUT2D eigenvalue weighted by atomic mass is 35.5. The average molecular weight is 452 g/mol. The lowest BCUT2D eigenvalue weighted by Crippen LogP contribution is -2.34. The van der Waals surface area contributed by atoms with Crippen molar-refractivity contribution in [2.45, 2.75) is 25.8 Å². The number of fused-ring (bicyclic) bond motifs is 1. The third kappa shape index (κ3) is 5.00. The van der Waals surface area contributed by atoms with Crippen LogP contribution in [0, 0.1) is 0 Å². The van der Waals surface area contributed by atoms with Crippen LogP contribution < -0.4 is 10.9 Å². The van der Waals surface area contributed by atoms with E-state index in [4.69, 9.17) is 16.1 Å². The summed E-state index contributed by atoms with van der Waals surface area (Å²) < 4.78 is 6.46. The molecule has 0 aliphatic carbocycles. The number of likely N-dealkylation sites (tertiary alicyclic amines) is 1. The van der Waals surface area contributed by atoms with Gasteiger partial charge < -0.3 is 14.7 Å². The van der Waals surface area contributed by atoms with Gasteiger partial charge in [-0.1, -0.05) is 28.9 Å². The van der Waals surface area contributed by atoms with E-state index in [0.29, 0.717) is 22.8 Å². The highest BCUT2D eigenvalue weighted by Crippen LogP contribution is 2.25. The van der Waals surface area contributed by atoms with Gasteiger partial charge >= 0.3 is 0 Å². The van der Waals surface area contributed by atoms with E-state index in [9.17, 15) is 9.59 Å². The van der Waals surface area contributed by atoms with E-state index in [2.05, 4.69) is 20.4 Å². The second-order valence-electron chi connectivity index (χ2n) is 7.15. The number of carbonyl (C=O) groups excluding carboxylic acids is 1. The van der Waals surface area contributed by atoms with E-state index in [1.54, 1.807) is 24.3 Å². The van der Waals surface area contributed by atoms with E-state index in [0.717, 1.165) is 26.1 Å².